The van der Waals surface area contributed by atoms with Crippen LogP contribution in [0.2, 0.25) is 0 Å². The van der Waals surface area contributed by atoms with Gasteiger partial charge in [-0.25, -0.2) is 10.4 Å². The highest BCUT2D eigenvalue weighted by molar-refractivity contribution is 5.82. The first kappa shape index (κ1) is 24.1. The van der Waals surface area contributed by atoms with E-state index in [2.05, 4.69) is 20.4 Å². The van der Waals surface area contributed by atoms with Gasteiger partial charge in [-0.1, -0.05) is 36.2 Å². The third-order valence-corrected chi connectivity index (χ3v) is 6.09. The Morgan fingerprint density at radius 3 is 2.85 bits per heavy atom. The molecule has 2 aliphatic rings. The van der Waals surface area contributed by atoms with E-state index in [-0.39, 0.29) is 5.91 Å². The fourth-order valence-corrected chi connectivity index (χ4v) is 4.26. The Morgan fingerprint density at radius 2 is 2.09 bits per heavy atom. The predicted octanol–water partition coefficient (Wildman–Crippen LogP) is 1.37. The van der Waals surface area contributed by atoms with Gasteiger partial charge in [0.1, 0.15) is 5.82 Å². The Labute approximate surface area is 200 Å². The fraction of sp³-hybridized carbons (Fsp3) is 0.500. The number of benzene rings is 1. The summed E-state index contributed by atoms with van der Waals surface area (Å²) in [5.41, 5.74) is 18.7. The highest BCUT2D eigenvalue weighted by Crippen LogP contribution is 2.31. The molecule has 1 saturated heterocycles. The molecule has 5 N–H and O–H groups in total. The number of amides is 1. The molecule has 0 spiro atoms. The number of anilines is 2. The normalized spacial score (nSPS) is 16.7. The zero-order valence-electron chi connectivity index (χ0n) is 19.7. The van der Waals surface area contributed by atoms with E-state index in [1.54, 1.807) is 11.1 Å². The molecule has 34 heavy (non-hydrogen) atoms. The molecular formula is C24H34N8O2. The summed E-state index contributed by atoms with van der Waals surface area (Å²) >= 11 is 0. The number of carbonyl (C=O) groups excluding carboxylic acids is 1. The Morgan fingerprint density at radius 1 is 1.26 bits per heavy atom. The molecule has 0 saturated carbocycles. The summed E-state index contributed by atoms with van der Waals surface area (Å²) in [4.78, 5) is 26.4. The van der Waals surface area contributed by atoms with Gasteiger partial charge in [0, 0.05) is 18.7 Å². The first-order chi connectivity index (χ1) is 16.5. The zero-order chi connectivity index (χ0) is 23.9. The van der Waals surface area contributed by atoms with E-state index in [0.29, 0.717) is 45.2 Å². The number of hydrogen-bond donors (Lipinski definition) is 3. The van der Waals surface area contributed by atoms with Crippen LogP contribution in [0.15, 0.2) is 29.4 Å². The number of aryl methyl sites for hydroxylation is 1. The molecule has 1 aromatic heterocycles. The Bertz CT molecular complexity index is 1020. The van der Waals surface area contributed by atoms with Crippen molar-refractivity contribution in [3.05, 3.63) is 46.6 Å². The number of nitrogens with one attached hydrogen (secondary N) is 1. The average Bonchev–Trinajstić information content (AvgIpc) is 3.28. The van der Waals surface area contributed by atoms with Crippen LogP contribution in [0.4, 0.5) is 11.8 Å². The summed E-state index contributed by atoms with van der Waals surface area (Å²) in [6.45, 7) is 6.28. The van der Waals surface area contributed by atoms with Gasteiger partial charge >= 0.3 is 0 Å². The maximum atomic E-state index is 13.0. The number of ether oxygens (including phenoxy) is 1. The van der Waals surface area contributed by atoms with Crippen molar-refractivity contribution in [1.29, 1.82) is 0 Å². The molecule has 10 heteroatoms. The smallest absolute Gasteiger partial charge is 0.245 e. The van der Waals surface area contributed by atoms with Crippen LogP contribution in [-0.2, 0) is 22.6 Å². The van der Waals surface area contributed by atoms with Crippen LogP contribution in [0.3, 0.4) is 0 Å². The second-order valence-electron chi connectivity index (χ2n) is 8.76. The highest BCUT2D eigenvalue weighted by Gasteiger charge is 2.32. The van der Waals surface area contributed by atoms with Gasteiger partial charge in [0.15, 0.2) is 0 Å². The van der Waals surface area contributed by atoms with Gasteiger partial charge in [-0.15, -0.1) is 0 Å². The molecule has 1 fully saturated rings. The molecule has 10 nitrogen and oxygen atoms in total. The van der Waals surface area contributed by atoms with Crippen molar-refractivity contribution in [1.82, 2.24) is 14.9 Å². The summed E-state index contributed by atoms with van der Waals surface area (Å²) in [5.74, 6) is 1.18. The van der Waals surface area contributed by atoms with Crippen molar-refractivity contribution in [3.8, 4) is 0 Å². The van der Waals surface area contributed by atoms with Crippen molar-refractivity contribution >= 4 is 23.9 Å². The van der Waals surface area contributed by atoms with Gasteiger partial charge in [-0.2, -0.15) is 10.1 Å². The van der Waals surface area contributed by atoms with E-state index in [1.807, 2.05) is 31.2 Å². The molecule has 3 heterocycles. The lowest BCUT2D eigenvalue weighted by Gasteiger charge is -2.29. The standard InChI is InChI=1S/C24H34N8O2/c1-17-5-4-6-18(13-17)14-27-30-24-28-21-16-32(23(33)20(26)7-2-3-8-25)15-19(21)22(29-24)31-9-11-34-12-10-31/h4-6,13-14,20H,2-3,7-12,15-16,25-26H2,1H3,(H,28,29,30)/b27-14+/t20-/m1/s1. The van der Waals surface area contributed by atoms with E-state index in [4.69, 9.17) is 21.2 Å². The lowest BCUT2D eigenvalue weighted by molar-refractivity contribution is -0.133. The third-order valence-electron chi connectivity index (χ3n) is 6.09. The Balaban J connectivity index is 1.52. The number of fused-ring (bicyclic) bond motifs is 1. The van der Waals surface area contributed by atoms with Crippen LogP contribution in [0, 0.1) is 6.92 Å². The molecule has 1 atom stereocenters. The first-order valence-corrected chi connectivity index (χ1v) is 11.9. The second kappa shape index (κ2) is 11.4. The molecule has 182 valence electrons. The number of unbranched alkanes of at least 4 members (excludes halogenated alkanes) is 1. The van der Waals surface area contributed by atoms with Gasteiger partial charge in [0.2, 0.25) is 11.9 Å². The van der Waals surface area contributed by atoms with Crippen LogP contribution in [0.25, 0.3) is 0 Å². The minimum absolute atomic E-state index is 0.0603. The number of hydrogen-bond acceptors (Lipinski definition) is 9. The largest absolute Gasteiger partial charge is 0.378 e. The summed E-state index contributed by atoms with van der Waals surface area (Å²) < 4.78 is 5.52. The maximum Gasteiger partial charge on any atom is 0.245 e. The number of morpholine rings is 1. The van der Waals surface area contributed by atoms with Gasteiger partial charge < -0.3 is 26.0 Å². The maximum absolute atomic E-state index is 13.0. The second-order valence-corrected chi connectivity index (χ2v) is 8.76. The minimum atomic E-state index is -0.530. The van der Waals surface area contributed by atoms with E-state index in [9.17, 15) is 4.79 Å². The molecule has 1 aromatic carbocycles. The van der Waals surface area contributed by atoms with Crippen molar-refractivity contribution in [2.24, 2.45) is 16.6 Å². The van der Waals surface area contributed by atoms with E-state index in [0.717, 1.165) is 48.6 Å². The Hall–Kier alpha value is -3.08. The lowest BCUT2D eigenvalue weighted by atomic mass is 10.1. The van der Waals surface area contributed by atoms with E-state index >= 15 is 0 Å². The van der Waals surface area contributed by atoms with Crippen LogP contribution in [-0.4, -0.2) is 65.9 Å². The highest BCUT2D eigenvalue weighted by atomic mass is 16.5. The summed E-state index contributed by atoms with van der Waals surface area (Å²) in [7, 11) is 0. The average molecular weight is 467 g/mol. The van der Waals surface area contributed by atoms with Crippen LogP contribution < -0.4 is 21.8 Å². The lowest BCUT2D eigenvalue weighted by Crippen LogP contribution is -2.41. The topological polar surface area (TPSA) is 135 Å². The molecule has 4 rings (SSSR count). The molecule has 0 aliphatic carbocycles. The van der Waals surface area contributed by atoms with Crippen molar-refractivity contribution in [2.45, 2.75) is 45.3 Å². The van der Waals surface area contributed by atoms with Gasteiger partial charge in [0.05, 0.1) is 44.3 Å². The Kier molecular flexibility index (Phi) is 8.04. The number of nitrogens with two attached hydrogens (primary N) is 2. The summed E-state index contributed by atoms with van der Waals surface area (Å²) in [6, 6.07) is 7.54. The van der Waals surface area contributed by atoms with E-state index in [1.165, 1.54) is 5.56 Å². The zero-order valence-corrected chi connectivity index (χ0v) is 19.7. The molecule has 2 aromatic rings. The molecule has 0 radical (unpaired) electrons. The van der Waals surface area contributed by atoms with Crippen molar-refractivity contribution in [2.75, 3.05) is 43.2 Å². The van der Waals surface area contributed by atoms with Crippen LogP contribution in [0.5, 0.6) is 0 Å². The van der Waals surface area contributed by atoms with Gasteiger partial charge in [-0.05, 0) is 31.9 Å². The van der Waals surface area contributed by atoms with Gasteiger partial charge in [-0.3, -0.25) is 4.79 Å². The number of carbonyl (C=O) groups is 1. The molecule has 2 aliphatic heterocycles. The molecule has 0 unspecified atom stereocenters. The van der Waals surface area contributed by atoms with E-state index < -0.39 is 6.04 Å². The predicted molar refractivity (Wildman–Crippen MR) is 133 cm³/mol. The molecular weight excluding hydrogens is 432 g/mol. The fourth-order valence-electron chi connectivity index (χ4n) is 4.26. The number of hydrazone groups is 1. The first-order valence-electron chi connectivity index (χ1n) is 11.9. The molecule has 1 amide bonds. The number of rotatable bonds is 9. The van der Waals surface area contributed by atoms with Crippen molar-refractivity contribution in [3.63, 3.8) is 0 Å². The monoisotopic (exact) mass is 466 g/mol. The van der Waals surface area contributed by atoms with Crippen molar-refractivity contribution < 1.29 is 9.53 Å². The van der Waals surface area contributed by atoms with Crippen LogP contribution >= 0.6 is 0 Å². The SMILES string of the molecule is Cc1cccc(/C=N/Nc2nc3c(c(N4CCOCC4)n2)CN(C(=O)[C@H](N)CCCCN)C3)c1. The van der Waals surface area contributed by atoms with Crippen LogP contribution in [0.1, 0.15) is 41.6 Å². The molecule has 0 bridgehead atoms. The summed E-state index contributed by atoms with van der Waals surface area (Å²) in [5, 5.41) is 4.33. The van der Waals surface area contributed by atoms with Gasteiger partial charge in [0.25, 0.3) is 0 Å². The summed E-state index contributed by atoms with van der Waals surface area (Å²) in [6.07, 6.45) is 4.08. The third kappa shape index (κ3) is 5.88. The quantitative estimate of drug-likeness (QED) is 0.286. The number of aromatic nitrogens is 2. The number of nitrogens with zero attached hydrogens (tertiary/aromatic N) is 5. The minimum Gasteiger partial charge on any atom is -0.378 e.